The molecule has 2 aromatic carbocycles. The van der Waals surface area contributed by atoms with Gasteiger partial charge in [-0.3, -0.25) is 4.79 Å². The molecule has 0 atom stereocenters. The van der Waals surface area contributed by atoms with Crippen molar-refractivity contribution < 1.29 is 13.2 Å². The van der Waals surface area contributed by atoms with E-state index in [-0.39, 0.29) is 18.2 Å². The number of thioether (sulfide) groups is 1. The smallest absolute Gasteiger partial charge is 0.234 e. The van der Waals surface area contributed by atoms with Gasteiger partial charge >= 0.3 is 0 Å². The van der Waals surface area contributed by atoms with Crippen LogP contribution in [0.25, 0.3) is 0 Å². The van der Waals surface area contributed by atoms with Crippen LogP contribution < -0.4 is 10.0 Å². The molecule has 0 aliphatic carbocycles. The number of hydrogen-bond donors (Lipinski definition) is 2. The van der Waals surface area contributed by atoms with Gasteiger partial charge in [0.1, 0.15) is 0 Å². The van der Waals surface area contributed by atoms with E-state index in [1.165, 1.54) is 17.8 Å². The van der Waals surface area contributed by atoms with Crippen molar-refractivity contribution in [2.45, 2.75) is 24.5 Å². The quantitative estimate of drug-likeness (QED) is 0.494. The van der Waals surface area contributed by atoms with E-state index in [1.807, 2.05) is 26.0 Å². The summed E-state index contributed by atoms with van der Waals surface area (Å²) in [6, 6.07) is 13.0. The largest absolute Gasteiger partial charge is 0.325 e. The van der Waals surface area contributed by atoms with Gasteiger partial charge in [-0.1, -0.05) is 35.9 Å². The van der Waals surface area contributed by atoms with Gasteiger partial charge in [-0.05, 0) is 43.2 Å². The van der Waals surface area contributed by atoms with Crippen molar-refractivity contribution in [3.63, 3.8) is 0 Å². The first-order chi connectivity index (χ1) is 12.8. The summed E-state index contributed by atoms with van der Waals surface area (Å²) in [7, 11) is -3.39. The Kier molecular flexibility index (Phi) is 7.65. The molecule has 0 radical (unpaired) electrons. The highest BCUT2D eigenvalue weighted by molar-refractivity contribution is 8.00. The number of sulfonamides is 1. The molecule has 2 N–H and O–H groups in total. The SMILES string of the molecule is C=CCNS(=O)(=O)Cc1ccc(NC(=O)CSc2cc(C)ccc2C)cc1. The monoisotopic (exact) mass is 404 g/mol. The van der Waals surface area contributed by atoms with E-state index in [1.54, 1.807) is 24.3 Å². The van der Waals surface area contributed by atoms with Crippen LogP contribution in [0.5, 0.6) is 0 Å². The Morgan fingerprint density at radius 2 is 1.85 bits per heavy atom. The maximum atomic E-state index is 12.2. The molecule has 0 aromatic heterocycles. The molecule has 0 unspecified atom stereocenters. The first-order valence-corrected chi connectivity index (χ1v) is 11.1. The summed E-state index contributed by atoms with van der Waals surface area (Å²) >= 11 is 1.50. The molecule has 27 heavy (non-hydrogen) atoms. The van der Waals surface area contributed by atoms with E-state index in [4.69, 9.17) is 0 Å². The number of aryl methyl sites for hydroxylation is 2. The first kappa shape index (κ1) is 21.2. The second kappa shape index (κ2) is 9.73. The molecule has 5 nitrogen and oxygen atoms in total. The molecule has 2 rings (SSSR count). The molecule has 0 fully saturated rings. The predicted molar refractivity (Wildman–Crippen MR) is 113 cm³/mol. The molecule has 2 aromatic rings. The summed E-state index contributed by atoms with van der Waals surface area (Å²) in [4.78, 5) is 13.3. The van der Waals surface area contributed by atoms with Crippen LogP contribution in [0.2, 0.25) is 0 Å². The van der Waals surface area contributed by atoms with Crippen LogP contribution in [0, 0.1) is 13.8 Å². The lowest BCUT2D eigenvalue weighted by atomic mass is 10.2. The molecule has 0 heterocycles. The summed E-state index contributed by atoms with van der Waals surface area (Å²) in [6.45, 7) is 7.74. The number of rotatable bonds is 9. The van der Waals surface area contributed by atoms with Gasteiger partial charge in [0.2, 0.25) is 15.9 Å². The highest BCUT2D eigenvalue weighted by Gasteiger charge is 2.11. The second-order valence-electron chi connectivity index (χ2n) is 6.20. The molecule has 0 saturated carbocycles. The molecule has 7 heteroatoms. The highest BCUT2D eigenvalue weighted by Crippen LogP contribution is 2.23. The Labute approximate surface area is 165 Å². The van der Waals surface area contributed by atoms with Gasteiger partial charge in [0.25, 0.3) is 0 Å². The molecule has 144 valence electrons. The van der Waals surface area contributed by atoms with Crippen LogP contribution in [-0.2, 0) is 20.6 Å². The number of carbonyl (C=O) groups is 1. The zero-order valence-electron chi connectivity index (χ0n) is 15.5. The van der Waals surface area contributed by atoms with E-state index >= 15 is 0 Å². The van der Waals surface area contributed by atoms with Crippen molar-refractivity contribution in [1.82, 2.24) is 4.72 Å². The van der Waals surface area contributed by atoms with Gasteiger partial charge < -0.3 is 5.32 Å². The van der Waals surface area contributed by atoms with Crippen LogP contribution in [-0.4, -0.2) is 26.6 Å². The number of nitrogens with one attached hydrogen (secondary N) is 2. The number of anilines is 1. The van der Waals surface area contributed by atoms with Gasteiger partial charge in [-0.15, -0.1) is 18.3 Å². The van der Waals surface area contributed by atoms with Gasteiger partial charge in [-0.2, -0.15) is 0 Å². The standard InChI is InChI=1S/C20H24N2O3S2/c1-4-11-21-27(24,25)14-17-7-9-18(10-8-17)22-20(23)13-26-19-12-15(2)5-6-16(19)3/h4-10,12,21H,1,11,13-14H2,2-3H3,(H,22,23). The second-order valence-corrected chi connectivity index (χ2v) is 9.02. The van der Waals surface area contributed by atoms with Crippen LogP contribution >= 0.6 is 11.8 Å². The third-order valence-corrected chi connectivity index (χ3v) is 6.22. The molecule has 0 aliphatic heterocycles. The lowest BCUT2D eigenvalue weighted by molar-refractivity contribution is -0.113. The first-order valence-electron chi connectivity index (χ1n) is 8.46. The fourth-order valence-electron chi connectivity index (χ4n) is 2.34. The van der Waals surface area contributed by atoms with Crippen LogP contribution in [0.4, 0.5) is 5.69 Å². The summed E-state index contributed by atoms with van der Waals surface area (Å²) in [6.07, 6.45) is 1.49. The van der Waals surface area contributed by atoms with E-state index in [0.717, 1.165) is 16.0 Å². The highest BCUT2D eigenvalue weighted by atomic mass is 32.2. The Bertz CT molecular complexity index is 907. The molecule has 0 spiro atoms. The van der Waals surface area contributed by atoms with Gasteiger partial charge in [-0.25, -0.2) is 13.1 Å². The lowest BCUT2D eigenvalue weighted by Gasteiger charge is -2.09. The number of hydrogen-bond acceptors (Lipinski definition) is 4. The number of carbonyl (C=O) groups excluding carboxylic acids is 1. The van der Waals surface area contributed by atoms with Crippen molar-refractivity contribution in [2.75, 3.05) is 17.6 Å². The lowest BCUT2D eigenvalue weighted by Crippen LogP contribution is -2.25. The van der Waals surface area contributed by atoms with E-state index in [9.17, 15) is 13.2 Å². The van der Waals surface area contributed by atoms with Crippen LogP contribution in [0.1, 0.15) is 16.7 Å². The topological polar surface area (TPSA) is 75.3 Å². The van der Waals surface area contributed by atoms with Crippen molar-refractivity contribution in [1.29, 1.82) is 0 Å². The third-order valence-electron chi connectivity index (χ3n) is 3.74. The Morgan fingerprint density at radius 1 is 1.15 bits per heavy atom. The zero-order valence-corrected chi connectivity index (χ0v) is 17.1. The molecule has 0 aliphatic rings. The van der Waals surface area contributed by atoms with Crippen LogP contribution in [0.3, 0.4) is 0 Å². The summed E-state index contributed by atoms with van der Waals surface area (Å²) in [5.41, 5.74) is 3.60. The van der Waals surface area contributed by atoms with E-state index < -0.39 is 10.0 Å². The van der Waals surface area contributed by atoms with Gasteiger partial charge in [0.05, 0.1) is 11.5 Å². The molecular formula is C20H24N2O3S2. The maximum Gasteiger partial charge on any atom is 0.234 e. The summed E-state index contributed by atoms with van der Waals surface area (Å²) in [5.74, 6) is 0.0950. The fourth-order valence-corrected chi connectivity index (χ4v) is 4.37. The molecule has 0 bridgehead atoms. The molecule has 0 saturated heterocycles. The number of benzene rings is 2. The summed E-state index contributed by atoms with van der Waals surface area (Å²) in [5, 5.41) is 2.83. The molecular weight excluding hydrogens is 380 g/mol. The minimum atomic E-state index is -3.39. The maximum absolute atomic E-state index is 12.2. The Morgan fingerprint density at radius 3 is 2.52 bits per heavy atom. The van der Waals surface area contributed by atoms with Crippen molar-refractivity contribution >= 4 is 33.4 Å². The van der Waals surface area contributed by atoms with Gasteiger partial charge in [0, 0.05) is 17.1 Å². The number of amides is 1. The average molecular weight is 405 g/mol. The normalized spacial score (nSPS) is 11.2. The van der Waals surface area contributed by atoms with Crippen molar-refractivity contribution in [2.24, 2.45) is 0 Å². The predicted octanol–water partition coefficient (Wildman–Crippen LogP) is 3.64. The van der Waals surface area contributed by atoms with Crippen LogP contribution in [0.15, 0.2) is 60.0 Å². The Hall–Kier alpha value is -2.09. The van der Waals surface area contributed by atoms with E-state index in [0.29, 0.717) is 17.0 Å². The average Bonchev–Trinajstić information content (AvgIpc) is 2.62. The molecule has 1 amide bonds. The zero-order chi connectivity index (χ0) is 19.9. The fraction of sp³-hybridized carbons (Fsp3) is 0.250. The minimum absolute atomic E-state index is 0.103. The van der Waals surface area contributed by atoms with Crippen molar-refractivity contribution in [3.8, 4) is 0 Å². The minimum Gasteiger partial charge on any atom is -0.325 e. The Balaban J connectivity index is 1.89. The van der Waals surface area contributed by atoms with E-state index in [2.05, 4.69) is 22.7 Å². The van der Waals surface area contributed by atoms with Gasteiger partial charge in [0.15, 0.2) is 0 Å². The summed E-state index contributed by atoms with van der Waals surface area (Å²) < 4.78 is 26.1. The third kappa shape index (κ3) is 7.21. The van der Waals surface area contributed by atoms with Crippen molar-refractivity contribution in [3.05, 3.63) is 71.8 Å².